The second kappa shape index (κ2) is 7.64. The Bertz CT molecular complexity index is 597. The van der Waals surface area contributed by atoms with Gasteiger partial charge in [0, 0.05) is 6.54 Å². The third-order valence-electron chi connectivity index (χ3n) is 3.10. The highest BCUT2D eigenvalue weighted by Crippen LogP contribution is 2.14. The van der Waals surface area contributed by atoms with Crippen LogP contribution in [0.4, 0.5) is 5.82 Å². The summed E-state index contributed by atoms with van der Waals surface area (Å²) in [6.45, 7) is 4.79. The molecule has 0 aliphatic carbocycles. The predicted octanol–water partition coefficient (Wildman–Crippen LogP) is 3.14. The lowest BCUT2D eigenvalue weighted by Gasteiger charge is -2.08. The zero-order valence-corrected chi connectivity index (χ0v) is 13.0. The molecule has 1 amide bonds. The minimum Gasteiger partial charge on any atom is -0.384 e. The van der Waals surface area contributed by atoms with Crippen LogP contribution >= 0.6 is 12.4 Å². The standard InChI is InChI=1S/C16H19N3O.ClH/c1-11(2)13-8-6-12(7-9-13)10-18-16(20)14-4-3-5-15(17)19-14;/h3-9,11H,10H2,1-2H3,(H2,17,19)(H,18,20);1H. The molecule has 4 nitrogen and oxygen atoms in total. The molecule has 0 spiro atoms. The van der Waals surface area contributed by atoms with E-state index < -0.39 is 0 Å². The van der Waals surface area contributed by atoms with Crippen LogP contribution in [0.2, 0.25) is 0 Å². The van der Waals surface area contributed by atoms with Gasteiger partial charge in [-0.25, -0.2) is 4.98 Å². The maximum absolute atomic E-state index is 11.9. The van der Waals surface area contributed by atoms with Crippen LogP contribution in [0.25, 0.3) is 0 Å². The number of nitrogen functional groups attached to an aromatic ring is 1. The van der Waals surface area contributed by atoms with E-state index in [4.69, 9.17) is 5.73 Å². The van der Waals surface area contributed by atoms with Crippen LogP contribution < -0.4 is 11.1 Å². The summed E-state index contributed by atoms with van der Waals surface area (Å²) >= 11 is 0. The van der Waals surface area contributed by atoms with Crippen LogP contribution in [0.5, 0.6) is 0 Å². The average Bonchev–Trinajstić information content (AvgIpc) is 2.45. The van der Waals surface area contributed by atoms with Crippen molar-refractivity contribution in [1.82, 2.24) is 10.3 Å². The monoisotopic (exact) mass is 305 g/mol. The molecule has 1 heterocycles. The second-order valence-corrected chi connectivity index (χ2v) is 5.03. The molecule has 1 aromatic heterocycles. The first kappa shape index (κ1) is 17.0. The van der Waals surface area contributed by atoms with Gasteiger partial charge in [-0.1, -0.05) is 44.2 Å². The number of carbonyl (C=O) groups excluding carboxylic acids is 1. The van der Waals surface area contributed by atoms with Crippen molar-refractivity contribution in [2.75, 3.05) is 5.73 Å². The van der Waals surface area contributed by atoms with Gasteiger partial charge < -0.3 is 11.1 Å². The lowest BCUT2D eigenvalue weighted by molar-refractivity contribution is 0.0946. The van der Waals surface area contributed by atoms with Crippen molar-refractivity contribution in [2.45, 2.75) is 26.3 Å². The topological polar surface area (TPSA) is 68.0 Å². The highest BCUT2D eigenvalue weighted by atomic mass is 35.5. The molecular weight excluding hydrogens is 286 g/mol. The van der Waals surface area contributed by atoms with Gasteiger partial charge in [0.1, 0.15) is 11.5 Å². The summed E-state index contributed by atoms with van der Waals surface area (Å²) in [7, 11) is 0. The van der Waals surface area contributed by atoms with Gasteiger partial charge >= 0.3 is 0 Å². The van der Waals surface area contributed by atoms with Crippen molar-refractivity contribution in [2.24, 2.45) is 0 Å². The Morgan fingerprint density at radius 1 is 1.19 bits per heavy atom. The second-order valence-electron chi connectivity index (χ2n) is 5.03. The molecule has 2 aromatic rings. The van der Waals surface area contributed by atoms with E-state index in [9.17, 15) is 4.79 Å². The summed E-state index contributed by atoms with van der Waals surface area (Å²) in [4.78, 5) is 15.9. The zero-order chi connectivity index (χ0) is 14.5. The van der Waals surface area contributed by atoms with Crippen molar-refractivity contribution in [3.8, 4) is 0 Å². The first-order valence-electron chi connectivity index (χ1n) is 6.66. The summed E-state index contributed by atoms with van der Waals surface area (Å²) in [5, 5.41) is 2.83. The molecule has 21 heavy (non-hydrogen) atoms. The number of benzene rings is 1. The molecule has 0 atom stereocenters. The van der Waals surface area contributed by atoms with Crippen LogP contribution in [0.1, 0.15) is 41.4 Å². The number of nitrogens with one attached hydrogen (secondary N) is 1. The maximum atomic E-state index is 11.9. The SMILES string of the molecule is CC(C)c1ccc(CNC(=O)c2cccc(N)n2)cc1.Cl. The van der Waals surface area contributed by atoms with E-state index in [1.165, 1.54) is 5.56 Å². The number of amides is 1. The van der Waals surface area contributed by atoms with Gasteiger partial charge in [0.15, 0.2) is 0 Å². The van der Waals surface area contributed by atoms with Crippen LogP contribution in [-0.4, -0.2) is 10.9 Å². The molecule has 0 saturated heterocycles. The summed E-state index contributed by atoms with van der Waals surface area (Å²) in [5.41, 5.74) is 8.25. The van der Waals surface area contributed by atoms with Crippen molar-refractivity contribution < 1.29 is 4.79 Å². The molecule has 1 aromatic carbocycles. The molecular formula is C16H20ClN3O. The van der Waals surface area contributed by atoms with Gasteiger partial charge in [-0.05, 0) is 29.2 Å². The smallest absolute Gasteiger partial charge is 0.270 e. The lowest BCUT2D eigenvalue weighted by atomic mass is 10.0. The van der Waals surface area contributed by atoms with Crippen LogP contribution in [0.15, 0.2) is 42.5 Å². The molecule has 0 fully saturated rings. The molecule has 5 heteroatoms. The molecule has 0 unspecified atom stereocenters. The Labute approximate surface area is 131 Å². The zero-order valence-electron chi connectivity index (χ0n) is 12.2. The average molecular weight is 306 g/mol. The Morgan fingerprint density at radius 2 is 1.86 bits per heavy atom. The number of rotatable bonds is 4. The van der Waals surface area contributed by atoms with E-state index in [0.717, 1.165) is 5.56 Å². The van der Waals surface area contributed by atoms with Gasteiger partial charge in [-0.15, -0.1) is 12.4 Å². The highest BCUT2D eigenvalue weighted by molar-refractivity contribution is 5.92. The normalized spacial score (nSPS) is 10.0. The van der Waals surface area contributed by atoms with E-state index in [2.05, 4.69) is 36.3 Å². The third kappa shape index (κ3) is 4.76. The van der Waals surface area contributed by atoms with Crippen LogP contribution in [-0.2, 0) is 6.54 Å². The Balaban J connectivity index is 0.00000220. The predicted molar refractivity (Wildman–Crippen MR) is 87.6 cm³/mol. The van der Waals surface area contributed by atoms with Gasteiger partial charge in [-0.3, -0.25) is 4.79 Å². The summed E-state index contributed by atoms with van der Waals surface area (Å²) in [5.74, 6) is 0.638. The third-order valence-corrected chi connectivity index (χ3v) is 3.10. The molecule has 112 valence electrons. The van der Waals surface area contributed by atoms with E-state index in [0.29, 0.717) is 24.0 Å². The first-order chi connectivity index (χ1) is 9.56. The van der Waals surface area contributed by atoms with Gasteiger partial charge in [0.2, 0.25) is 0 Å². The fourth-order valence-electron chi connectivity index (χ4n) is 1.87. The molecule has 3 N–H and O–H groups in total. The van der Waals surface area contributed by atoms with Crippen LogP contribution in [0.3, 0.4) is 0 Å². The molecule has 0 radical (unpaired) electrons. The number of anilines is 1. The van der Waals surface area contributed by atoms with E-state index in [-0.39, 0.29) is 18.3 Å². The summed E-state index contributed by atoms with van der Waals surface area (Å²) in [6.07, 6.45) is 0. The Kier molecular flexibility index (Phi) is 6.18. The largest absolute Gasteiger partial charge is 0.384 e. The first-order valence-corrected chi connectivity index (χ1v) is 6.66. The number of carbonyl (C=O) groups is 1. The Morgan fingerprint density at radius 3 is 2.43 bits per heavy atom. The maximum Gasteiger partial charge on any atom is 0.270 e. The number of hydrogen-bond acceptors (Lipinski definition) is 3. The number of nitrogens with zero attached hydrogens (tertiary/aromatic N) is 1. The van der Waals surface area contributed by atoms with Crippen molar-refractivity contribution >= 4 is 24.1 Å². The number of hydrogen-bond donors (Lipinski definition) is 2. The molecule has 0 aliphatic heterocycles. The fourth-order valence-corrected chi connectivity index (χ4v) is 1.87. The van der Waals surface area contributed by atoms with E-state index in [1.807, 2.05) is 12.1 Å². The number of pyridine rings is 1. The van der Waals surface area contributed by atoms with E-state index >= 15 is 0 Å². The van der Waals surface area contributed by atoms with Gasteiger partial charge in [0.25, 0.3) is 5.91 Å². The summed E-state index contributed by atoms with van der Waals surface area (Å²) < 4.78 is 0. The van der Waals surface area contributed by atoms with Crippen molar-refractivity contribution in [3.05, 3.63) is 59.3 Å². The molecule has 0 saturated carbocycles. The number of nitrogens with two attached hydrogens (primary N) is 1. The molecule has 2 rings (SSSR count). The minimum atomic E-state index is -0.217. The summed E-state index contributed by atoms with van der Waals surface area (Å²) in [6, 6.07) is 13.3. The molecule has 0 bridgehead atoms. The number of halogens is 1. The Hall–Kier alpha value is -2.07. The minimum absolute atomic E-state index is 0. The van der Waals surface area contributed by atoms with Crippen molar-refractivity contribution in [3.63, 3.8) is 0 Å². The van der Waals surface area contributed by atoms with Crippen molar-refractivity contribution in [1.29, 1.82) is 0 Å². The quantitative estimate of drug-likeness (QED) is 0.912. The van der Waals surface area contributed by atoms with Gasteiger partial charge in [0.05, 0.1) is 0 Å². The van der Waals surface area contributed by atoms with Crippen LogP contribution in [0, 0.1) is 0 Å². The fraction of sp³-hybridized carbons (Fsp3) is 0.250. The number of aromatic nitrogens is 1. The molecule has 0 aliphatic rings. The van der Waals surface area contributed by atoms with E-state index in [1.54, 1.807) is 18.2 Å². The van der Waals surface area contributed by atoms with Gasteiger partial charge in [-0.2, -0.15) is 0 Å². The lowest BCUT2D eigenvalue weighted by Crippen LogP contribution is -2.24. The highest BCUT2D eigenvalue weighted by Gasteiger charge is 2.07.